The van der Waals surface area contributed by atoms with Crippen molar-refractivity contribution in [3.05, 3.63) is 102 Å². The summed E-state index contributed by atoms with van der Waals surface area (Å²) in [6.07, 6.45) is 3.67. The first-order chi connectivity index (χ1) is 15.8. The molecule has 2 nitrogen and oxygen atoms in total. The Morgan fingerprint density at radius 3 is 1.48 bits per heavy atom. The van der Waals surface area contributed by atoms with Crippen LogP contribution in [0.3, 0.4) is 0 Å². The molecule has 0 N–H and O–H groups in total. The molecular formula is C30H38ClNO. The maximum atomic E-state index is 6.02. The van der Waals surface area contributed by atoms with Gasteiger partial charge >= 0.3 is 0 Å². The Bertz CT molecular complexity index is 877. The summed E-state index contributed by atoms with van der Waals surface area (Å²) in [6, 6.07) is 31.1. The lowest BCUT2D eigenvalue weighted by Crippen LogP contribution is -2.27. The van der Waals surface area contributed by atoms with Gasteiger partial charge in [-0.15, -0.1) is 12.4 Å². The highest BCUT2D eigenvalue weighted by Gasteiger charge is 2.31. The monoisotopic (exact) mass is 463 g/mol. The molecular weight excluding hydrogens is 426 g/mol. The summed E-state index contributed by atoms with van der Waals surface area (Å²) in [7, 11) is 0. The van der Waals surface area contributed by atoms with Crippen LogP contribution in [0.15, 0.2) is 84.9 Å². The minimum Gasteiger partial charge on any atom is -0.492 e. The summed E-state index contributed by atoms with van der Waals surface area (Å²) in [5.41, 5.74) is 4.41. The predicted octanol–water partition coefficient (Wildman–Crippen LogP) is 7.66. The number of halogens is 1. The van der Waals surface area contributed by atoms with Gasteiger partial charge in [0.05, 0.1) is 0 Å². The number of nitrogens with zero attached hydrogens (tertiary/aromatic N) is 1. The van der Waals surface area contributed by atoms with Crippen LogP contribution in [-0.2, 0) is 0 Å². The van der Waals surface area contributed by atoms with E-state index in [9.17, 15) is 0 Å². The Labute approximate surface area is 206 Å². The van der Waals surface area contributed by atoms with E-state index in [1.54, 1.807) is 0 Å². The van der Waals surface area contributed by atoms with Crippen molar-refractivity contribution in [2.75, 3.05) is 26.2 Å². The van der Waals surface area contributed by atoms with Gasteiger partial charge in [0.2, 0.25) is 0 Å². The van der Waals surface area contributed by atoms with E-state index in [0.29, 0.717) is 17.8 Å². The lowest BCUT2D eigenvalue weighted by molar-refractivity contribution is 0.222. The molecule has 1 aliphatic carbocycles. The fraction of sp³-hybridized carbons (Fsp3) is 0.400. The molecule has 0 aromatic heterocycles. The summed E-state index contributed by atoms with van der Waals surface area (Å²) < 4.78 is 6.02. The maximum Gasteiger partial charge on any atom is 0.119 e. The first-order valence-corrected chi connectivity index (χ1v) is 12.3. The molecule has 0 amide bonds. The molecule has 0 spiro atoms. The minimum absolute atomic E-state index is 0. The van der Waals surface area contributed by atoms with E-state index in [2.05, 4.69) is 104 Å². The number of likely N-dealkylation sites (N-methyl/N-ethyl adjacent to an activating group) is 1. The molecule has 0 saturated heterocycles. The standard InChI is InChI=1S/C30H37NO.ClH/c1-3-31(4-2)19-20-32-30-17-15-26(16-18-30)29-22-27(24-11-7-5-8-12-24)21-28(23-29)25-13-9-6-10-14-25;/h5-18,27-29H,3-4,19-23H2,1-2H3;1H. The van der Waals surface area contributed by atoms with Gasteiger partial charge in [0, 0.05) is 6.54 Å². The van der Waals surface area contributed by atoms with E-state index in [-0.39, 0.29) is 12.4 Å². The molecule has 3 aromatic rings. The molecule has 0 bridgehead atoms. The van der Waals surface area contributed by atoms with Crippen molar-refractivity contribution >= 4 is 12.4 Å². The number of benzene rings is 3. The summed E-state index contributed by atoms with van der Waals surface area (Å²) in [6.45, 7) is 8.28. The van der Waals surface area contributed by atoms with E-state index >= 15 is 0 Å². The Morgan fingerprint density at radius 1 is 0.636 bits per heavy atom. The van der Waals surface area contributed by atoms with E-state index in [4.69, 9.17) is 4.74 Å². The fourth-order valence-corrected chi connectivity index (χ4v) is 5.25. The molecule has 0 radical (unpaired) electrons. The molecule has 176 valence electrons. The van der Waals surface area contributed by atoms with Crippen molar-refractivity contribution in [2.24, 2.45) is 0 Å². The zero-order chi connectivity index (χ0) is 22.2. The lowest BCUT2D eigenvalue weighted by atomic mass is 9.68. The van der Waals surface area contributed by atoms with Crippen LogP contribution in [0.25, 0.3) is 0 Å². The van der Waals surface area contributed by atoms with Gasteiger partial charge in [0.1, 0.15) is 12.4 Å². The second-order valence-corrected chi connectivity index (χ2v) is 9.06. The van der Waals surface area contributed by atoms with Crippen LogP contribution < -0.4 is 4.74 Å². The zero-order valence-electron chi connectivity index (χ0n) is 20.0. The molecule has 33 heavy (non-hydrogen) atoms. The average Bonchev–Trinajstić information content (AvgIpc) is 2.88. The molecule has 0 heterocycles. The predicted molar refractivity (Wildman–Crippen MR) is 142 cm³/mol. The van der Waals surface area contributed by atoms with Crippen LogP contribution in [0.4, 0.5) is 0 Å². The highest BCUT2D eigenvalue weighted by Crippen LogP contribution is 2.47. The van der Waals surface area contributed by atoms with E-state index < -0.39 is 0 Å². The normalized spacial score (nSPS) is 20.3. The quantitative estimate of drug-likeness (QED) is 0.323. The van der Waals surface area contributed by atoms with Crippen LogP contribution in [0.2, 0.25) is 0 Å². The van der Waals surface area contributed by atoms with Crippen LogP contribution >= 0.6 is 12.4 Å². The molecule has 3 aromatic carbocycles. The largest absolute Gasteiger partial charge is 0.492 e. The van der Waals surface area contributed by atoms with Crippen LogP contribution in [-0.4, -0.2) is 31.1 Å². The van der Waals surface area contributed by atoms with Crippen LogP contribution in [0, 0.1) is 0 Å². The molecule has 2 atom stereocenters. The maximum absolute atomic E-state index is 6.02. The summed E-state index contributed by atoms with van der Waals surface area (Å²) in [5, 5.41) is 0. The van der Waals surface area contributed by atoms with Gasteiger partial charge in [-0.25, -0.2) is 0 Å². The van der Waals surface area contributed by atoms with Gasteiger partial charge in [-0.1, -0.05) is 86.6 Å². The third-order valence-electron chi connectivity index (χ3n) is 7.17. The van der Waals surface area contributed by atoms with Crippen molar-refractivity contribution in [1.82, 2.24) is 4.90 Å². The topological polar surface area (TPSA) is 12.5 Å². The van der Waals surface area contributed by atoms with E-state index in [0.717, 1.165) is 32.0 Å². The summed E-state index contributed by atoms with van der Waals surface area (Å²) in [5.74, 6) is 2.76. The van der Waals surface area contributed by atoms with Crippen molar-refractivity contribution in [3.8, 4) is 5.75 Å². The Hall–Kier alpha value is -2.29. The third-order valence-corrected chi connectivity index (χ3v) is 7.17. The van der Waals surface area contributed by atoms with Crippen LogP contribution in [0.1, 0.15) is 67.6 Å². The fourth-order valence-electron chi connectivity index (χ4n) is 5.25. The second kappa shape index (κ2) is 12.8. The Balaban J connectivity index is 0.00000306. The minimum atomic E-state index is 0. The average molecular weight is 464 g/mol. The number of hydrogen-bond donors (Lipinski definition) is 0. The SMILES string of the molecule is CCN(CC)CCOc1ccc(C2CC(c3ccccc3)CC(c3ccccc3)C2)cc1.Cl. The lowest BCUT2D eigenvalue weighted by Gasteiger charge is -2.36. The molecule has 1 fully saturated rings. The van der Waals surface area contributed by atoms with Gasteiger partial charge in [-0.3, -0.25) is 0 Å². The third kappa shape index (κ3) is 6.85. The Kier molecular flexibility index (Phi) is 9.84. The zero-order valence-corrected chi connectivity index (χ0v) is 20.8. The van der Waals surface area contributed by atoms with Gasteiger partial charge in [-0.2, -0.15) is 0 Å². The molecule has 3 heteroatoms. The van der Waals surface area contributed by atoms with Gasteiger partial charge in [-0.05, 0) is 78.9 Å². The van der Waals surface area contributed by atoms with E-state index in [1.807, 2.05) is 0 Å². The van der Waals surface area contributed by atoms with Gasteiger partial charge in [0.25, 0.3) is 0 Å². The van der Waals surface area contributed by atoms with Crippen molar-refractivity contribution in [1.29, 1.82) is 0 Å². The van der Waals surface area contributed by atoms with Gasteiger partial charge in [0.15, 0.2) is 0 Å². The van der Waals surface area contributed by atoms with E-state index in [1.165, 1.54) is 36.0 Å². The van der Waals surface area contributed by atoms with Crippen molar-refractivity contribution < 1.29 is 4.74 Å². The Morgan fingerprint density at radius 2 is 1.06 bits per heavy atom. The number of hydrogen-bond acceptors (Lipinski definition) is 2. The van der Waals surface area contributed by atoms with Crippen molar-refractivity contribution in [2.45, 2.75) is 50.9 Å². The highest BCUT2D eigenvalue weighted by molar-refractivity contribution is 5.85. The van der Waals surface area contributed by atoms with Crippen molar-refractivity contribution in [3.63, 3.8) is 0 Å². The molecule has 2 unspecified atom stereocenters. The summed E-state index contributed by atoms with van der Waals surface area (Å²) >= 11 is 0. The summed E-state index contributed by atoms with van der Waals surface area (Å²) in [4.78, 5) is 2.39. The van der Waals surface area contributed by atoms with Crippen LogP contribution in [0.5, 0.6) is 5.75 Å². The number of ether oxygens (including phenoxy) is 1. The first kappa shape index (κ1) is 25.3. The smallest absolute Gasteiger partial charge is 0.119 e. The molecule has 4 rings (SSSR count). The molecule has 0 aliphatic heterocycles. The van der Waals surface area contributed by atoms with Gasteiger partial charge < -0.3 is 9.64 Å². The number of rotatable bonds is 9. The molecule has 1 aliphatic rings. The first-order valence-electron chi connectivity index (χ1n) is 12.3. The second-order valence-electron chi connectivity index (χ2n) is 9.06. The molecule has 1 saturated carbocycles. The highest BCUT2D eigenvalue weighted by atomic mass is 35.5.